The molecule has 5 heteroatoms. The Bertz CT molecular complexity index is 327. The lowest BCUT2D eigenvalue weighted by Gasteiger charge is -2.10. The van der Waals surface area contributed by atoms with Crippen LogP contribution in [0.3, 0.4) is 0 Å². The number of nitrogens with one attached hydrogen (secondary N) is 1. The molecule has 16 heavy (non-hydrogen) atoms. The summed E-state index contributed by atoms with van der Waals surface area (Å²) >= 11 is 0. The molecule has 2 rings (SSSR count). The number of nitrogen functional groups attached to an aromatic ring is 1. The van der Waals surface area contributed by atoms with Crippen LogP contribution in [0.4, 0.5) is 5.82 Å². The molecule has 1 unspecified atom stereocenters. The molecule has 0 aliphatic carbocycles. The van der Waals surface area contributed by atoms with Gasteiger partial charge in [-0.1, -0.05) is 6.07 Å². The quantitative estimate of drug-likeness (QED) is 0.574. The highest BCUT2D eigenvalue weighted by Crippen LogP contribution is 2.15. The van der Waals surface area contributed by atoms with E-state index >= 15 is 0 Å². The van der Waals surface area contributed by atoms with Gasteiger partial charge in [0.1, 0.15) is 5.82 Å². The van der Waals surface area contributed by atoms with Gasteiger partial charge in [0.15, 0.2) is 0 Å². The summed E-state index contributed by atoms with van der Waals surface area (Å²) in [7, 11) is 0. The Morgan fingerprint density at radius 3 is 3.31 bits per heavy atom. The third-order valence-electron chi connectivity index (χ3n) is 2.66. The first-order valence-corrected chi connectivity index (χ1v) is 5.46. The third-order valence-corrected chi connectivity index (χ3v) is 2.66. The second kappa shape index (κ2) is 5.79. The van der Waals surface area contributed by atoms with Crippen molar-refractivity contribution in [1.82, 2.24) is 4.98 Å². The van der Waals surface area contributed by atoms with Gasteiger partial charge in [-0.3, -0.25) is 0 Å². The van der Waals surface area contributed by atoms with E-state index in [1.165, 1.54) is 0 Å². The molecule has 1 fully saturated rings. The molecule has 1 aliphatic heterocycles. The number of nitrogens with two attached hydrogens (primary N) is 1. The van der Waals surface area contributed by atoms with E-state index in [-0.39, 0.29) is 0 Å². The van der Waals surface area contributed by atoms with Gasteiger partial charge >= 0.3 is 0 Å². The number of ether oxygens (including phenoxy) is 2. The van der Waals surface area contributed by atoms with Gasteiger partial charge in [-0.05, 0) is 12.5 Å². The zero-order valence-corrected chi connectivity index (χ0v) is 9.19. The predicted molar refractivity (Wildman–Crippen MR) is 60.6 cm³/mol. The number of nitrogens with zero attached hydrogens (tertiary/aromatic N) is 1. The minimum absolute atomic E-state index is 0.532. The first-order valence-electron chi connectivity index (χ1n) is 5.46. The highest BCUT2D eigenvalue weighted by molar-refractivity contribution is 5.41. The number of pyridine rings is 1. The van der Waals surface area contributed by atoms with E-state index in [0.29, 0.717) is 18.3 Å². The second-order valence-corrected chi connectivity index (χ2v) is 3.90. The number of aromatic nitrogens is 1. The Balaban J connectivity index is 1.79. The van der Waals surface area contributed by atoms with Crippen LogP contribution in [0.25, 0.3) is 0 Å². The van der Waals surface area contributed by atoms with Crippen molar-refractivity contribution >= 4 is 5.82 Å². The van der Waals surface area contributed by atoms with Crippen molar-refractivity contribution in [3.05, 3.63) is 23.9 Å². The third kappa shape index (κ3) is 2.91. The molecule has 88 valence electrons. The van der Waals surface area contributed by atoms with Crippen molar-refractivity contribution in [1.29, 1.82) is 0 Å². The van der Waals surface area contributed by atoms with Crippen LogP contribution in [0.15, 0.2) is 18.3 Å². The van der Waals surface area contributed by atoms with Crippen LogP contribution in [0.5, 0.6) is 0 Å². The molecule has 0 spiro atoms. The summed E-state index contributed by atoms with van der Waals surface area (Å²) in [5.41, 5.74) is 3.53. The number of hydrogen-bond acceptors (Lipinski definition) is 5. The van der Waals surface area contributed by atoms with Crippen molar-refractivity contribution < 1.29 is 9.47 Å². The number of anilines is 1. The minimum atomic E-state index is 0.532. The molecule has 1 atom stereocenters. The van der Waals surface area contributed by atoms with Crippen molar-refractivity contribution in [2.45, 2.75) is 13.0 Å². The molecule has 3 N–H and O–H groups in total. The van der Waals surface area contributed by atoms with Crippen LogP contribution in [-0.2, 0) is 16.1 Å². The van der Waals surface area contributed by atoms with Crippen LogP contribution in [0.1, 0.15) is 12.0 Å². The van der Waals surface area contributed by atoms with Crippen molar-refractivity contribution in [2.24, 2.45) is 11.8 Å². The molecule has 1 aromatic heterocycles. The van der Waals surface area contributed by atoms with E-state index in [1.807, 2.05) is 12.1 Å². The highest BCUT2D eigenvalue weighted by Gasteiger charge is 2.15. The van der Waals surface area contributed by atoms with E-state index < -0.39 is 0 Å². The number of hydrazine groups is 1. The average molecular weight is 223 g/mol. The molecule has 1 saturated heterocycles. The van der Waals surface area contributed by atoms with E-state index in [1.54, 1.807) is 6.20 Å². The van der Waals surface area contributed by atoms with Crippen molar-refractivity contribution in [2.75, 3.05) is 25.2 Å². The van der Waals surface area contributed by atoms with Crippen molar-refractivity contribution in [3.63, 3.8) is 0 Å². The summed E-state index contributed by atoms with van der Waals surface area (Å²) in [5.74, 6) is 6.56. The fourth-order valence-electron chi connectivity index (χ4n) is 1.74. The van der Waals surface area contributed by atoms with Gasteiger partial charge in [-0.2, -0.15) is 0 Å². The maximum absolute atomic E-state index is 5.63. The summed E-state index contributed by atoms with van der Waals surface area (Å²) < 4.78 is 10.9. The van der Waals surface area contributed by atoms with Gasteiger partial charge in [0.25, 0.3) is 0 Å². The summed E-state index contributed by atoms with van der Waals surface area (Å²) in [4.78, 5) is 4.11. The Morgan fingerprint density at radius 2 is 2.56 bits per heavy atom. The van der Waals surface area contributed by atoms with Crippen LogP contribution < -0.4 is 11.3 Å². The standard InChI is InChI=1S/C11H17N3O2/c12-14-11-10(2-1-4-13-11)8-16-7-9-3-5-15-6-9/h1-2,4,9H,3,5-8,12H2,(H,13,14). The average Bonchev–Trinajstić information content (AvgIpc) is 2.83. The van der Waals surface area contributed by atoms with E-state index in [2.05, 4.69) is 10.4 Å². The SMILES string of the molecule is NNc1ncccc1COCC1CCOC1. The molecule has 0 aromatic carbocycles. The fourth-order valence-corrected chi connectivity index (χ4v) is 1.74. The molecular formula is C11H17N3O2. The van der Waals surface area contributed by atoms with E-state index in [4.69, 9.17) is 15.3 Å². The van der Waals surface area contributed by atoms with Crippen LogP contribution >= 0.6 is 0 Å². The summed E-state index contributed by atoms with van der Waals surface area (Å²) in [6.07, 6.45) is 2.79. The molecule has 5 nitrogen and oxygen atoms in total. The summed E-state index contributed by atoms with van der Waals surface area (Å²) in [6.45, 7) is 2.94. The molecule has 0 saturated carbocycles. The molecule has 0 bridgehead atoms. The van der Waals surface area contributed by atoms with Crippen LogP contribution in [0, 0.1) is 5.92 Å². The Morgan fingerprint density at radius 1 is 1.62 bits per heavy atom. The topological polar surface area (TPSA) is 69.4 Å². The Kier molecular flexibility index (Phi) is 4.10. The van der Waals surface area contributed by atoms with E-state index in [0.717, 1.165) is 31.8 Å². The Labute approximate surface area is 94.9 Å². The summed E-state index contributed by atoms with van der Waals surface area (Å²) in [6, 6.07) is 3.82. The fraction of sp³-hybridized carbons (Fsp3) is 0.545. The lowest BCUT2D eigenvalue weighted by atomic mass is 10.1. The number of rotatable bonds is 5. The lowest BCUT2D eigenvalue weighted by molar-refractivity contribution is 0.0793. The normalized spacial score (nSPS) is 19.9. The molecular weight excluding hydrogens is 206 g/mol. The Hall–Kier alpha value is -1.17. The van der Waals surface area contributed by atoms with E-state index in [9.17, 15) is 0 Å². The molecule has 1 aliphatic rings. The first kappa shape index (κ1) is 11.3. The molecule has 2 heterocycles. The smallest absolute Gasteiger partial charge is 0.145 e. The zero-order valence-electron chi connectivity index (χ0n) is 9.19. The molecule has 0 radical (unpaired) electrons. The number of hydrogen-bond donors (Lipinski definition) is 2. The van der Waals surface area contributed by atoms with Gasteiger partial charge in [0, 0.05) is 24.3 Å². The van der Waals surface area contributed by atoms with Crippen LogP contribution in [-0.4, -0.2) is 24.8 Å². The van der Waals surface area contributed by atoms with Gasteiger partial charge < -0.3 is 14.9 Å². The molecule has 0 amide bonds. The van der Waals surface area contributed by atoms with Crippen molar-refractivity contribution in [3.8, 4) is 0 Å². The summed E-state index contributed by atoms with van der Waals surface area (Å²) in [5, 5.41) is 0. The second-order valence-electron chi connectivity index (χ2n) is 3.90. The molecule has 1 aromatic rings. The van der Waals surface area contributed by atoms with Gasteiger partial charge in [-0.25, -0.2) is 10.8 Å². The van der Waals surface area contributed by atoms with Gasteiger partial charge in [0.05, 0.1) is 19.8 Å². The van der Waals surface area contributed by atoms with Gasteiger partial charge in [-0.15, -0.1) is 0 Å². The monoisotopic (exact) mass is 223 g/mol. The maximum atomic E-state index is 5.63. The maximum Gasteiger partial charge on any atom is 0.145 e. The first-order chi connectivity index (χ1) is 7.90. The minimum Gasteiger partial charge on any atom is -0.381 e. The van der Waals surface area contributed by atoms with Gasteiger partial charge in [0.2, 0.25) is 0 Å². The lowest BCUT2D eigenvalue weighted by Crippen LogP contribution is -2.13. The predicted octanol–water partition coefficient (Wildman–Crippen LogP) is 0.920. The zero-order chi connectivity index (χ0) is 11.2. The van der Waals surface area contributed by atoms with Crippen LogP contribution in [0.2, 0.25) is 0 Å². The highest BCUT2D eigenvalue weighted by atomic mass is 16.5. The largest absolute Gasteiger partial charge is 0.381 e.